The summed E-state index contributed by atoms with van der Waals surface area (Å²) in [5.74, 6) is -1.50. The summed E-state index contributed by atoms with van der Waals surface area (Å²) in [7, 11) is -3.04. The lowest BCUT2D eigenvalue weighted by molar-refractivity contribution is -0.148. The average molecular weight is 368 g/mol. The van der Waals surface area contributed by atoms with Crippen LogP contribution in [0.4, 0.5) is 11.4 Å². The summed E-state index contributed by atoms with van der Waals surface area (Å²) >= 11 is 0. The number of ether oxygens (including phenoxy) is 1. The van der Waals surface area contributed by atoms with E-state index in [0.29, 0.717) is 17.8 Å². The van der Waals surface area contributed by atoms with Gasteiger partial charge in [0.1, 0.15) is 0 Å². The van der Waals surface area contributed by atoms with Gasteiger partial charge in [0.2, 0.25) is 5.91 Å². The van der Waals surface area contributed by atoms with Gasteiger partial charge in [-0.1, -0.05) is 6.07 Å². The van der Waals surface area contributed by atoms with Crippen LogP contribution in [-0.2, 0) is 29.0 Å². The molecular formula is C16H20N2O6S. The fraction of sp³-hybridized carbons (Fsp3) is 0.438. The first-order valence-corrected chi connectivity index (χ1v) is 9.59. The number of nitrogens with one attached hydrogen (secondary N) is 2. The first-order chi connectivity index (χ1) is 11.7. The highest BCUT2D eigenvalue weighted by Gasteiger charge is 2.29. The summed E-state index contributed by atoms with van der Waals surface area (Å²) in [6.07, 6.45) is 0.435. The maximum atomic E-state index is 11.8. The largest absolute Gasteiger partial charge is 0.456 e. The Bertz CT molecular complexity index is 775. The molecule has 9 heteroatoms. The molecule has 1 aliphatic rings. The van der Waals surface area contributed by atoms with E-state index in [1.54, 1.807) is 24.3 Å². The number of esters is 1. The molecule has 0 aromatic heterocycles. The molecule has 0 saturated carbocycles. The van der Waals surface area contributed by atoms with E-state index in [-0.39, 0.29) is 29.8 Å². The highest BCUT2D eigenvalue weighted by atomic mass is 32.2. The molecule has 1 aromatic rings. The molecule has 25 heavy (non-hydrogen) atoms. The molecule has 1 heterocycles. The smallest absolute Gasteiger partial charge is 0.306 e. The monoisotopic (exact) mass is 368 g/mol. The van der Waals surface area contributed by atoms with E-state index in [1.807, 2.05) is 0 Å². The minimum atomic E-state index is -3.04. The van der Waals surface area contributed by atoms with Crippen LogP contribution in [0.3, 0.4) is 0 Å². The molecule has 0 bridgehead atoms. The fourth-order valence-electron chi connectivity index (χ4n) is 2.55. The molecule has 2 amide bonds. The van der Waals surface area contributed by atoms with Gasteiger partial charge in [0, 0.05) is 24.7 Å². The van der Waals surface area contributed by atoms with Crippen LogP contribution in [0.5, 0.6) is 0 Å². The number of benzene rings is 1. The van der Waals surface area contributed by atoms with E-state index in [0.717, 1.165) is 0 Å². The van der Waals surface area contributed by atoms with Crippen molar-refractivity contribution in [2.75, 3.05) is 28.7 Å². The van der Waals surface area contributed by atoms with E-state index in [2.05, 4.69) is 10.6 Å². The van der Waals surface area contributed by atoms with Crippen molar-refractivity contribution >= 4 is 39.0 Å². The van der Waals surface area contributed by atoms with E-state index in [1.165, 1.54) is 6.92 Å². The zero-order valence-corrected chi connectivity index (χ0v) is 14.6. The predicted molar refractivity (Wildman–Crippen MR) is 91.7 cm³/mol. The number of amides is 2. The number of rotatable bonds is 6. The highest BCUT2D eigenvalue weighted by Crippen LogP contribution is 2.22. The number of hydrogen-bond donors (Lipinski definition) is 2. The van der Waals surface area contributed by atoms with Gasteiger partial charge in [-0.15, -0.1) is 0 Å². The number of hydrogen-bond acceptors (Lipinski definition) is 6. The van der Waals surface area contributed by atoms with Crippen LogP contribution in [-0.4, -0.2) is 44.3 Å². The molecule has 1 aliphatic heterocycles. The molecule has 2 N–H and O–H groups in total. The lowest BCUT2D eigenvalue weighted by atomic mass is 10.1. The van der Waals surface area contributed by atoms with E-state index >= 15 is 0 Å². The summed E-state index contributed by atoms with van der Waals surface area (Å²) in [4.78, 5) is 34.5. The van der Waals surface area contributed by atoms with E-state index in [9.17, 15) is 22.8 Å². The molecule has 0 radical (unpaired) electrons. The number of carbonyl (C=O) groups is 3. The third-order valence-corrected chi connectivity index (χ3v) is 5.45. The third kappa shape index (κ3) is 6.54. The highest BCUT2D eigenvalue weighted by molar-refractivity contribution is 7.91. The molecule has 1 saturated heterocycles. The van der Waals surface area contributed by atoms with Gasteiger partial charge in [-0.05, 0) is 30.5 Å². The Labute approximate surface area is 145 Å². The average Bonchev–Trinajstić information content (AvgIpc) is 2.83. The van der Waals surface area contributed by atoms with Crippen LogP contribution in [0.15, 0.2) is 24.3 Å². The fourth-order valence-corrected chi connectivity index (χ4v) is 4.41. The minimum Gasteiger partial charge on any atom is -0.456 e. The van der Waals surface area contributed by atoms with Gasteiger partial charge in [0.05, 0.1) is 11.5 Å². The lowest BCUT2D eigenvalue weighted by Crippen LogP contribution is -2.22. The standard InChI is InChI=1S/C16H20N2O6S/c1-11(19)17-13-3-2-4-14(8-13)18-15(20)9-24-16(21)7-12-5-6-25(22,23)10-12/h2-4,8,12H,5-7,9-10H2,1H3,(H,17,19)(H,18,20)/t12-/m1/s1. The first-order valence-electron chi connectivity index (χ1n) is 7.77. The molecule has 136 valence electrons. The first kappa shape index (κ1) is 18.9. The van der Waals surface area contributed by atoms with E-state index < -0.39 is 28.3 Å². The van der Waals surface area contributed by atoms with Crippen LogP contribution in [0.25, 0.3) is 0 Å². The van der Waals surface area contributed by atoms with Crippen LogP contribution in [0, 0.1) is 5.92 Å². The summed E-state index contributed by atoms with van der Waals surface area (Å²) in [5, 5.41) is 5.15. The van der Waals surface area contributed by atoms with Gasteiger partial charge in [0.15, 0.2) is 16.4 Å². The van der Waals surface area contributed by atoms with Crippen LogP contribution < -0.4 is 10.6 Å². The molecular weight excluding hydrogens is 348 g/mol. The minimum absolute atomic E-state index is 0.00940. The van der Waals surface area contributed by atoms with Crippen LogP contribution in [0.2, 0.25) is 0 Å². The van der Waals surface area contributed by atoms with Crippen molar-refractivity contribution in [3.8, 4) is 0 Å². The zero-order chi connectivity index (χ0) is 18.4. The van der Waals surface area contributed by atoms with Crippen molar-refractivity contribution < 1.29 is 27.5 Å². The molecule has 1 fully saturated rings. The molecule has 0 unspecified atom stereocenters. The van der Waals surface area contributed by atoms with Crippen molar-refractivity contribution in [2.45, 2.75) is 19.8 Å². The van der Waals surface area contributed by atoms with Crippen molar-refractivity contribution in [2.24, 2.45) is 5.92 Å². The summed E-state index contributed by atoms with van der Waals surface area (Å²) < 4.78 is 27.6. The Hall–Kier alpha value is -2.42. The molecule has 0 spiro atoms. The Morgan fingerprint density at radius 2 is 1.88 bits per heavy atom. The maximum absolute atomic E-state index is 11.8. The molecule has 8 nitrogen and oxygen atoms in total. The molecule has 1 aromatic carbocycles. The van der Waals surface area contributed by atoms with Crippen molar-refractivity contribution in [3.05, 3.63) is 24.3 Å². The van der Waals surface area contributed by atoms with Crippen molar-refractivity contribution in [1.29, 1.82) is 0 Å². The van der Waals surface area contributed by atoms with Crippen LogP contribution in [0.1, 0.15) is 19.8 Å². The van der Waals surface area contributed by atoms with Gasteiger partial charge >= 0.3 is 5.97 Å². The summed E-state index contributed by atoms with van der Waals surface area (Å²) in [6, 6.07) is 6.54. The van der Waals surface area contributed by atoms with Crippen molar-refractivity contribution in [1.82, 2.24) is 0 Å². The summed E-state index contributed by atoms with van der Waals surface area (Å²) in [6.45, 7) is 0.920. The van der Waals surface area contributed by atoms with Gasteiger partial charge < -0.3 is 15.4 Å². The third-order valence-electron chi connectivity index (χ3n) is 3.61. The Balaban J connectivity index is 1.77. The Kier molecular flexibility index (Phi) is 6.13. The second-order valence-electron chi connectivity index (χ2n) is 5.94. The van der Waals surface area contributed by atoms with Crippen molar-refractivity contribution in [3.63, 3.8) is 0 Å². The lowest BCUT2D eigenvalue weighted by Gasteiger charge is -2.10. The number of carbonyl (C=O) groups excluding carboxylic acids is 3. The SMILES string of the molecule is CC(=O)Nc1cccc(NC(=O)COC(=O)C[C@H]2CCS(=O)(=O)C2)c1. The van der Waals surface area contributed by atoms with Gasteiger partial charge in [-0.3, -0.25) is 14.4 Å². The predicted octanol–water partition coefficient (Wildman–Crippen LogP) is 0.951. The van der Waals surface area contributed by atoms with Gasteiger partial charge in [0.25, 0.3) is 5.91 Å². The van der Waals surface area contributed by atoms with Gasteiger partial charge in [-0.25, -0.2) is 8.42 Å². The number of sulfone groups is 1. The normalized spacial score (nSPS) is 18.4. The molecule has 0 aliphatic carbocycles. The Morgan fingerprint density at radius 1 is 1.20 bits per heavy atom. The van der Waals surface area contributed by atoms with Gasteiger partial charge in [-0.2, -0.15) is 0 Å². The summed E-state index contributed by atoms with van der Waals surface area (Å²) in [5.41, 5.74) is 0.985. The van der Waals surface area contributed by atoms with Crippen LogP contribution >= 0.6 is 0 Å². The Morgan fingerprint density at radius 3 is 2.48 bits per heavy atom. The molecule has 2 rings (SSSR count). The zero-order valence-electron chi connectivity index (χ0n) is 13.8. The topological polar surface area (TPSA) is 119 Å². The second kappa shape index (κ2) is 8.11. The molecule has 1 atom stereocenters. The number of anilines is 2. The maximum Gasteiger partial charge on any atom is 0.306 e. The quantitative estimate of drug-likeness (QED) is 0.722. The second-order valence-corrected chi connectivity index (χ2v) is 8.17. The van der Waals surface area contributed by atoms with E-state index in [4.69, 9.17) is 4.74 Å².